The number of hydrogen-bond donors (Lipinski definition) is 1. The van der Waals surface area contributed by atoms with E-state index in [2.05, 4.69) is 41.5 Å². The van der Waals surface area contributed by atoms with Crippen molar-refractivity contribution in [1.29, 1.82) is 0 Å². The largest absolute Gasteiger partial charge is 0.354 e. The summed E-state index contributed by atoms with van der Waals surface area (Å²) in [6, 6.07) is 10.0. The average Bonchev–Trinajstić information content (AvgIpc) is 3.04. The van der Waals surface area contributed by atoms with Gasteiger partial charge < -0.3 is 9.88 Å². The molecule has 0 fully saturated rings. The van der Waals surface area contributed by atoms with Gasteiger partial charge in [0.1, 0.15) is 6.54 Å². The summed E-state index contributed by atoms with van der Waals surface area (Å²) in [7, 11) is 1.69. The number of aryl methyl sites for hydroxylation is 3. The second-order valence-electron chi connectivity index (χ2n) is 6.54. The van der Waals surface area contributed by atoms with Crippen molar-refractivity contribution in [3.63, 3.8) is 0 Å². The summed E-state index contributed by atoms with van der Waals surface area (Å²) in [5.74, 6) is -0.0669. The maximum Gasteiger partial charge on any atom is 0.252 e. The molecule has 2 aromatic heterocycles. The van der Waals surface area contributed by atoms with Gasteiger partial charge in [-0.15, -0.1) is 0 Å². The molecule has 1 N–H and O–H groups in total. The Labute approximate surface area is 152 Å². The van der Waals surface area contributed by atoms with Crippen LogP contribution in [0.3, 0.4) is 0 Å². The van der Waals surface area contributed by atoms with E-state index in [0.717, 1.165) is 23.9 Å². The van der Waals surface area contributed by atoms with Crippen molar-refractivity contribution in [1.82, 2.24) is 19.4 Å². The highest BCUT2D eigenvalue weighted by Gasteiger charge is 2.12. The van der Waals surface area contributed by atoms with Crippen LogP contribution in [0.5, 0.6) is 0 Å². The quantitative estimate of drug-likeness (QED) is 0.737. The molecule has 0 saturated carbocycles. The molecule has 3 aromatic rings. The Morgan fingerprint density at radius 1 is 1.19 bits per heavy atom. The third-order valence-corrected chi connectivity index (χ3v) is 4.66. The summed E-state index contributed by atoms with van der Waals surface area (Å²) >= 11 is 0. The van der Waals surface area contributed by atoms with Gasteiger partial charge in [-0.05, 0) is 36.5 Å². The zero-order valence-electron chi connectivity index (χ0n) is 15.5. The second-order valence-corrected chi connectivity index (χ2v) is 6.54. The van der Waals surface area contributed by atoms with Crippen molar-refractivity contribution >= 4 is 17.1 Å². The van der Waals surface area contributed by atoms with Gasteiger partial charge in [0.15, 0.2) is 5.65 Å². The van der Waals surface area contributed by atoms with Gasteiger partial charge >= 0.3 is 0 Å². The van der Waals surface area contributed by atoms with Crippen molar-refractivity contribution < 1.29 is 4.79 Å². The third kappa shape index (κ3) is 3.69. The normalized spacial score (nSPS) is 11.0. The summed E-state index contributed by atoms with van der Waals surface area (Å²) in [6.07, 6.45) is 3.44. The highest BCUT2D eigenvalue weighted by Crippen LogP contribution is 2.14. The fourth-order valence-electron chi connectivity index (χ4n) is 3.09. The van der Waals surface area contributed by atoms with Crippen molar-refractivity contribution in [3.8, 4) is 0 Å². The van der Waals surface area contributed by atoms with Gasteiger partial charge in [-0.2, -0.15) is 0 Å². The Balaban J connectivity index is 1.62. The van der Waals surface area contributed by atoms with E-state index >= 15 is 0 Å². The lowest BCUT2D eigenvalue weighted by Crippen LogP contribution is -2.29. The minimum atomic E-state index is -0.0983. The van der Waals surface area contributed by atoms with E-state index in [1.165, 1.54) is 15.7 Å². The van der Waals surface area contributed by atoms with E-state index in [-0.39, 0.29) is 18.0 Å². The molecule has 0 bridgehead atoms. The molecule has 3 rings (SSSR count). The van der Waals surface area contributed by atoms with Crippen LogP contribution < -0.4 is 10.9 Å². The summed E-state index contributed by atoms with van der Waals surface area (Å²) in [6.45, 7) is 4.77. The highest BCUT2D eigenvalue weighted by molar-refractivity contribution is 5.80. The van der Waals surface area contributed by atoms with Crippen molar-refractivity contribution in [2.45, 2.75) is 33.2 Å². The van der Waals surface area contributed by atoms with E-state index in [9.17, 15) is 9.59 Å². The van der Waals surface area contributed by atoms with E-state index in [1.807, 2.05) is 6.92 Å². The first-order chi connectivity index (χ1) is 12.5. The lowest BCUT2D eigenvalue weighted by molar-refractivity contribution is -0.121. The fraction of sp³-hybridized carbons (Fsp3) is 0.350. The highest BCUT2D eigenvalue weighted by atomic mass is 16.2. The number of nitrogens with one attached hydrogen (secondary N) is 1. The fourth-order valence-corrected chi connectivity index (χ4v) is 3.09. The van der Waals surface area contributed by atoms with Gasteiger partial charge in [0.2, 0.25) is 5.91 Å². The van der Waals surface area contributed by atoms with Gasteiger partial charge in [0.05, 0.1) is 11.8 Å². The van der Waals surface area contributed by atoms with E-state index in [1.54, 1.807) is 24.0 Å². The molecule has 0 unspecified atom stereocenters. The van der Waals surface area contributed by atoms with Crippen LogP contribution in [0.15, 0.2) is 41.5 Å². The van der Waals surface area contributed by atoms with Crippen molar-refractivity contribution in [3.05, 3.63) is 63.7 Å². The summed E-state index contributed by atoms with van der Waals surface area (Å²) < 4.78 is 3.28. The van der Waals surface area contributed by atoms with Crippen LogP contribution in [0, 0.1) is 6.92 Å². The molecule has 0 saturated heterocycles. The number of imidazole rings is 1. The van der Waals surface area contributed by atoms with Crippen LogP contribution in [-0.2, 0) is 31.2 Å². The van der Waals surface area contributed by atoms with Gasteiger partial charge in [-0.3, -0.25) is 14.2 Å². The zero-order chi connectivity index (χ0) is 18.7. The van der Waals surface area contributed by atoms with Crippen LogP contribution in [0.2, 0.25) is 0 Å². The number of benzene rings is 1. The van der Waals surface area contributed by atoms with Crippen molar-refractivity contribution in [2.24, 2.45) is 7.05 Å². The Morgan fingerprint density at radius 3 is 2.58 bits per heavy atom. The molecule has 0 aliphatic rings. The Hall–Kier alpha value is -2.89. The minimum Gasteiger partial charge on any atom is -0.354 e. The number of hydrogen-bond acceptors (Lipinski definition) is 3. The van der Waals surface area contributed by atoms with Gasteiger partial charge in [-0.25, -0.2) is 4.98 Å². The SMILES string of the molecule is CCc1ccc(CCNC(=O)Cn2cnc3c2c(C)cc(=O)n3C)cc1. The molecule has 136 valence electrons. The van der Waals surface area contributed by atoms with E-state index < -0.39 is 0 Å². The van der Waals surface area contributed by atoms with Crippen LogP contribution in [0.1, 0.15) is 23.6 Å². The molecule has 0 atom stereocenters. The molecule has 26 heavy (non-hydrogen) atoms. The Kier molecular flexibility index (Phi) is 5.21. The molecule has 0 radical (unpaired) electrons. The minimum absolute atomic E-state index is 0.0669. The standard InChI is InChI=1S/C20H24N4O2/c1-4-15-5-7-16(8-6-15)9-10-21-17(25)12-24-13-22-20-19(24)14(2)11-18(26)23(20)3/h5-8,11,13H,4,9-10,12H2,1-3H3,(H,21,25). The smallest absolute Gasteiger partial charge is 0.252 e. The number of pyridine rings is 1. The van der Waals surface area contributed by atoms with Crippen LogP contribution in [0.25, 0.3) is 11.2 Å². The number of aromatic nitrogens is 3. The first-order valence-corrected chi connectivity index (χ1v) is 8.85. The first-order valence-electron chi connectivity index (χ1n) is 8.85. The molecule has 0 aliphatic heterocycles. The summed E-state index contributed by atoms with van der Waals surface area (Å²) in [5, 5.41) is 2.95. The van der Waals surface area contributed by atoms with E-state index in [4.69, 9.17) is 0 Å². The summed E-state index contributed by atoms with van der Waals surface area (Å²) in [4.78, 5) is 28.4. The molecule has 1 amide bonds. The molecule has 0 aliphatic carbocycles. The molecular formula is C20H24N4O2. The number of fused-ring (bicyclic) bond motifs is 1. The third-order valence-electron chi connectivity index (χ3n) is 4.66. The molecule has 0 spiro atoms. The average molecular weight is 352 g/mol. The molecule has 1 aromatic carbocycles. The molecule has 6 nitrogen and oxygen atoms in total. The number of amides is 1. The van der Waals surface area contributed by atoms with Gasteiger partial charge in [-0.1, -0.05) is 31.2 Å². The number of carbonyl (C=O) groups excluding carboxylic acids is 1. The Morgan fingerprint density at radius 2 is 1.88 bits per heavy atom. The number of carbonyl (C=O) groups is 1. The van der Waals surface area contributed by atoms with Gasteiger partial charge in [0.25, 0.3) is 5.56 Å². The molecular weight excluding hydrogens is 328 g/mol. The van der Waals surface area contributed by atoms with Gasteiger partial charge in [0, 0.05) is 19.7 Å². The Bertz CT molecular complexity index is 983. The maximum absolute atomic E-state index is 12.3. The zero-order valence-corrected chi connectivity index (χ0v) is 15.5. The maximum atomic E-state index is 12.3. The molecule has 6 heteroatoms. The van der Waals surface area contributed by atoms with Crippen LogP contribution in [0.4, 0.5) is 0 Å². The predicted octanol–water partition coefficient (Wildman–Crippen LogP) is 1.96. The monoisotopic (exact) mass is 352 g/mol. The number of rotatable bonds is 6. The summed E-state index contributed by atoms with van der Waals surface area (Å²) in [5.41, 5.74) is 4.66. The van der Waals surface area contributed by atoms with Crippen LogP contribution in [-0.4, -0.2) is 26.6 Å². The lowest BCUT2D eigenvalue weighted by Gasteiger charge is -2.09. The predicted molar refractivity (Wildman–Crippen MR) is 102 cm³/mol. The topological polar surface area (TPSA) is 68.9 Å². The number of nitrogens with zero attached hydrogens (tertiary/aromatic N) is 3. The first kappa shape index (κ1) is 17.9. The lowest BCUT2D eigenvalue weighted by atomic mass is 10.1. The second kappa shape index (κ2) is 7.56. The van der Waals surface area contributed by atoms with Crippen molar-refractivity contribution in [2.75, 3.05) is 6.54 Å². The molecule has 2 heterocycles. The van der Waals surface area contributed by atoms with Crippen LogP contribution >= 0.6 is 0 Å². The van der Waals surface area contributed by atoms with E-state index in [0.29, 0.717) is 12.2 Å².